The highest BCUT2D eigenvalue weighted by molar-refractivity contribution is 5.88. The number of rotatable bonds is 6. The first-order valence-corrected chi connectivity index (χ1v) is 11.0. The number of hydrogen-bond acceptors (Lipinski definition) is 4. The molecule has 0 unspecified atom stereocenters. The summed E-state index contributed by atoms with van der Waals surface area (Å²) in [7, 11) is 1.46. The van der Waals surface area contributed by atoms with Crippen LogP contribution in [0.5, 0.6) is 5.75 Å². The van der Waals surface area contributed by atoms with Crippen molar-refractivity contribution in [2.45, 2.75) is 52.2 Å². The first-order valence-electron chi connectivity index (χ1n) is 11.0. The van der Waals surface area contributed by atoms with Crippen LogP contribution in [0.25, 0.3) is 10.8 Å². The Hall–Kier alpha value is -2.07. The highest BCUT2D eigenvalue weighted by Crippen LogP contribution is 2.34. The molecule has 2 fully saturated rings. The van der Waals surface area contributed by atoms with Gasteiger partial charge in [-0.25, -0.2) is 0 Å². The van der Waals surface area contributed by atoms with Gasteiger partial charge in [0.25, 0.3) is 0 Å². The summed E-state index contributed by atoms with van der Waals surface area (Å²) in [6.07, 6.45) is 5.22. The minimum Gasteiger partial charge on any atom is -0.490 e. The Balaban J connectivity index is 1.39. The number of likely N-dealkylation sites (tertiary alicyclic amines) is 1. The molecule has 4 nitrogen and oxygen atoms in total. The molecule has 1 heterocycles. The molecule has 1 aliphatic carbocycles. The molecule has 4 rings (SSSR count). The molecule has 0 spiro atoms. The van der Waals surface area contributed by atoms with Crippen LogP contribution in [0.1, 0.15) is 45.1 Å². The van der Waals surface area contributed by atoms with E-state index in [-0.39, 0.29) is 11.9 Å². The number of methoxy groups -OCH3 is 1. The van der Waals surface area contributed by atoms with E-state index in [0.717, 1.165) is 50.1 Å². The number of carbonyl (C=O) groups is 1. The van der Waals surface area contributed by atoms with Crippen LogP contribution >= 0.6 is 0 Å². The molecule has 29 heavy (non-hydrogen) atoms. The maximum atomic E-state index is 11.6. The van der Waals surface area contributed by atoms with Crippen LogP contribution in [0.2, 0.25) is 0 Å². The summed E-state index contributed by atoms with van der Waals surface area (Å²) in [6, 6.07) is 13.0. The maximum absolute atomic E-state index is 11.6. The maximum Gasteiger partial charge on any atom is 0.311 e. The number of ether oxygens (including phenoxy) is 2. The van der Waals surface area contributed by atoms with E-state index in [0.29, 0.717) is 6.10 Å². The lowest BCUT2D eigenvalue weighted by Crippen LogP contribution is -2.49. The molecular formula is C25H33NO3. The minimum absolute atomic E-state index is 0.0336. The quantitative estimate of drug-likeness (QED) is 0.643. The highest BCUT2D eigenvalue weighted by atomic mass is 16.5. The summed E-state index contributed by atoms with van der Waals surface area (Å²) in [5.41, 5.74) is 1.27. The Labute approximate surface area is 174 Å². The largest absolute Gasteiger partial charge is 0.490 e. The first-order chi connectivity index (χ1) is 14.0. The Morgan fingerprint density at radius 1 is 1.10 bits per heavy atom. The van der Waals surface area contributed by atoms with Gasteiger partial charge in [0.15, 0.2) is 0 Å². The van der Waals surface area contributed by atoms with E-state index in [1.807, 2.05) is 0 Å². The topological polar surface area (TPSA) is 38.8 Å². The van der Waals surface area contributed by atoms with Gasteiger partial charge in [0, 0.05) is 25.0 Å². The van der Waals surface area contributed by atoms with Crippen molar-refractivity contribution in [1.29, 1.82) is 0 Å². The third kappa shape index (κ3) is 4.58. The number of benzene rings is 2. The van der Waals surface area contributed by atoms with Crippen molar-refractivity contribution in [3.05, 3.63) is 42.0 Å². The normalized spacial score (nSPS) is 23.2. The molecule has 0 aromatic heterocycles. The number of carbonyl (C=O) groups excluding carboxylic acids is 1. The van der Waals surface area contributed by atoms with Crippen LogP contribution < -0.4 is 4.74 Å². The van der Waals surface area contributed by atoms with Crippen molar-refractivity contribution in [2.24, 2.45) is 17.8 Å². The fourth-order valence-corrected chi connectivity index (χ4v) is 4.83. The monoisotopic (exact) mass is 395 g/mol. The molecule has 1 saturated carbocycles. The molecule has 2 aromatic rings. The number of esters is 1. The predicted molar refractivity (Wildman–Crippen MR) is 116 cm³/mol. The Morgan fingerprint density at radius 2 is 1.86 bits per heavy atom. The van der Waals surface area contributed by atoms with Gasteiger partial charge < -0.3 is 9.47 Å². The molecule has 2 aromatic carbocycles. The molecule has 0 amide bonds. The van der Waals surface area contributed by atoms with E-state index >= 15 is 0 Å². The Morgan fingerprint density at radius 3 is 2.55 bits per heavy atom. The fraction of sp³-hybridized carbons (Fsp3) is 0.560. The second-order valence-electron chi connectivity index (χ2n) is 9.12. The van der Waals surface area contributed by atoms with Crippen molar-refractivity contribution in [1.82, 2.24) is 4.90 Å². The third-order valence-electron chi connectivity index (χ3n) is 6.76. The number of fused-ring (bicyclic) bond motifs is 1. The molecule has 0 N–H and O–H groups in total. The summed E-state index contributed by atoms with van der Waals surface area (Å²) in [6.45, 7) is 7.11. The van der Waals surface area contributed by atoms with Gasteiger partial charge in [-0.3, -0.25) is 9.69 Å². The molecule has 2 aliphatic rings. The van der Waals surface area contributed by atoms with Gasteiger partial charge in [-0.1, -0.05) is 38.1 Å². The average Bonchev–Trinajstić information content (AvgIpc) is 2.70. The van der Waals surface area contributed by atoms with Gasteiger partial charge in [-0.05, 0) is 60.6 Å². The predicted octanol–water partition coefficient (Wildman–Crippen LogP) is 5.04. The van der Waals surface area contributed by atoms with Crippen molar-refractivity contribution in [2.75, 3.05) is 20.2 Å². The van der Waals surface area contributed by atoms with E-state index in [1.54, 1.807) is 0 Å². The second-order valence-corrected chi connectivity index (χ2v) is 9.12. The van der Waals surface area contributed by atoms with Crippen LogP contribution in [0.3, 0.4) is 0 Å². The zero-order valence-corrected chi connectivity index (χ0v) is 17.9. The average molecular weight is 396 g/mol. The third-order valence-corrected chi connectivity index (χ3v) is 6.76. The van der Waals surface area contributed by atoms with E-state index < -0.39 is 0 Å². The van der Waals surface area contributed by atoms with Gasteiger partial charge in [0.1, 0.15) is 5.75 Å². The number of nitrogens with zero attached hydrogens (tertiary/aromatic N) is 1. The van der Waals surface area contributed by atoms with Gasteiger partial charge in [-0.15, -0.1) is 0 Å². The molecule has 0 bridgehead atoms. The van der Waals surface area contributed by atoms with Crippen LogP contribution in [0.4, 0.5) is 0 Å². The summed E-state index contributed by atoms with van der Waals surface area (Å²) < 4.78 is 11.3. The van der Waals surface area contributed by atoms with E-state index in [9.17, 15) is 4.79 Å². The van der Waals surface area contributed by atoms with Gasteiger partial charge >= 0.3 is 5.97 Å². The Kier molecular flexibility index (Phi) is 6.09. The lowest BCUT2D eigenvalue weighted by Gasteiger charge is -2.37. The van der Waals surface area contributed by atoms with E-state index in [4.69, 9.17) is 9.47 Å². The fourth-order valence-electron chi connectivity index (χ4n) is 4.83. The first kappa shape index (κ1) is 20.2. The van der Waals surface area contributed by atoms with E-state index in [1.165, 1.54) is 36.3 Å². The SMILES string of the molecule is COC(=O)C1CN(Cc2ccc3c(O[C@H]4CC[C@H](C(C)C)CC4)cccc3c2)C1. The van der Waals surface area contributed by atoms with Crippen molar-refractivity contribution in [3.63, 3.8) is 0 Å². The van der Waals surface area contributed by atoms with Gasteiger partial charge in [-0.2, -0.15) is 0 Å². The number of hydrogen-bond donors (Lipinski definition) is 0. The molecule has 156 valence electrons. The molecule has 0 radical (unpaired) electrons. The summed E-state index contributed by atoms with van der Waals surface area (Å²) in [5.74, 6) is 2.58. The van der Waals surface area contributed by atoms with Crippen LogP contribution in [0, 0.1) is 17.8 Å². The standard InChI is InChI=1S/C25H33NO3/c1-17(2)19-8-10-22(11-9-19)29-24-6-4-5-20-13-18(7-12-23(20)24)14-26-15-21(16-26)25(27)28-3/h4-7,12-13,17,19,21-22H,8-11,14-16H2,1-3H3/t19-,22-. The highest BCUT2D eigenvalue weighted by Gasteiger charge is 2.33. The Bertz CT molecular complexity index is 848. The zero-order chi connectivity index (χ0) is 20.4. The van der Waals surface area contributed by atoms with Gasteiger partial charge in [0.05, 0.1) is 19.1 Å². The lowest BCUT2D eigenvalue weighted by atomic mass is 9.80. The lowest BCUT2D eigenvalue weighted by molar-refractivity contribution is -0.151. The molecule has 1 saturated heterocycles. The molecule has 0 atom stereocenters. The minimum atomic E-state index is -0.0935. The van der Waals surface area contributed by atoms with E-state index in [2.05, 4.69) is 55.1 Å². The van der Waals surface area contributed by atoms with Crippen LogP contribution in [0.15, 0.2) is 36.4 Å². The van der Waals surface area contributed by atoms with Crippen LogP contribution in [-0.2, 0) is 16.1 Å². The summed E-state index contributed by atoms with van der Waals surface area (Å²) >= 11 is 0. The summed E-state index contributed by atoms with van der Waals surface area (Å²) in [5, 5.41) is 2.42. The van der Waals surface area contributed by atoms with Gasteiger partial charge in [0.2, 0.25) is 0 Å². The van der Waals surface area contributed by atoms with Crippen molar-refractivity contribution in [3.8, 4) is 5.75 Å². The zero-order valence-electron chi connectivity index (χ0n) is 17.9. The smallest absolute Gasteiger partial charge is 0.311 e. The molecule has 4 heteroatoms. The summed E-state index contributed by atoms with van der Waals surface area (Å²) in [4.78, 5) is 13.8. The van der Waals surface area contributed by atoms with Crippen molar-refractivity contribution >= 4 is 16.7 Å². The molecular weight excluding hydrogens is 362 g/mol. The second kappa shape index (κ2) is 8.74. The molecule has 1 aliphatic heterocycles. The van der Waals surface area contributed by atoms with Crippen LogP contribution in [-0.4, -0.2) is 37.2 Å². The van der Waals surface area contributed by atoms with Crippen molar-refractivity contribution < 1.29 is 14.3 Å².